The average molecular weight is 224 g/mol. The van der Waals surface area contributed by atoms with E-state index in [0.717, 1.165) is 19.6 Å². The van der Waals surface area contributed by atoms with Gasteiger partial charge in [0.1, 0.15) is 0 Å². The Morgan fingerprint density at radius 2 is 2.31 bits per heavy atom. The fourth-order valence-electron chi connectivity index (χ4n) is 1.94. The molecule has 2 heterocycles. The van der Waals surface area contributed by atoms with E-state index >= 15 is 0 Å². The van der Waals surface area contributed by atoms with Crippen molar-refractivity contribution in [3.8, 4) is 0 Å². The van der Waals surface area contributed by atoms with E-state index in [9.17, 15) is 4.79 Å². The van der Waals surface area contributed by atoms with Crippen molar-refractivity contribution >= 4 is 5.91 Å². The van der Waals surface area contributed by atoms with Crippen molar-refractivity contribution in [3.05, 3.63) is 5.82 Å². The van der Waals surface area contributed by atoms with Gasteiger partial charge in [0.25, 0.3) is 11.7 Å². The van der Waals surface area contributed by atoms with Crippen molar-refractivity contribution in [3.63, 3.8) is 0 Å². The second-order valence-corrected chi connectivity index (χ2v) is 4.12. The molecule has 2 rings (SSSR count). The maximum atomic E-state index is 11.6. The zero-order valence-electron chi connectivity index (χ0n) is 9.31. The van der Waals surface area contributed by atoms with E-state index in [1.165, 1.54) is 12.8 Å². The molecule has 0 saturated carbocycles. The minimum absolute atomic E-state index is 0.0910. The first-order valence-corrected chi connectivity index (χ1v) is 5.52. The van der Waals surface area contributed by atoms with Gasteiger partial charge in [0.15, 0.2) is 0 Å². The predicted molar refractivity (Wildman–Crippen MR) is 56.8 cm³/mol. The van der Waals surface area contributed by atoms with Crippen LogP contribution in [0.25, 0.3) is 0 Å². The zero-order chi connectivity index (χ0) is 11.4. The number of hydrogen-bond acceptors (Lipinski definition) is 5. The van der Waals surface area contributed by atoms with E-state index in [4.69, 9.17) is 0 Å². The maximum Gasteiger partial charge on any atom is 0.293 e. The molecule has 88 valence electrons. The van der Waals surface area contributed by atoms with Gasteiger partial charge in [-0.1, -0.05) is 0 Å². The van der Waals surface area contributed by atoms with Crippen LogP contribution in [0.3, 0.4) is 0 Å². The van der Waals surface area contributed by atoms with Crippen LogP contribution in [-0.2, 0) is 0 Å². The molecule has 1 amide bonds. The first-order chi connectivity index (χ1) is 7.75. The molecular formula is C9H16N6O. The smallest absolute Gasteiger partial charge is 0.293 e. The molecule has 1 unspecified atom stereocenters. The van der Waals surface area contributed by atoms with Crippen LogP contribution in [0.5, 0.6) is 0 Å². The third-order valence-corrected chi connectivity index (χ3v) is 2.66. The van der Waals surface area contributed by atoms with Gasteiger partial charge in [0, 0.05) is 12.6 Å². The molecule has 0 spiro atoms. The summed E-state index contributed by atoms with van der Waals surface area (Å²) in [5.74, 6) is -0.186. The molecule has 7 nitrogen and oxygen atoms in total. The quantitative estimate of drug-likeness (QED) is 0.714. The molecule has 1 aromatic heterocycles. The highest BCUT2D eigenvalue weighted by Crippen LogP contribution is 2.07. The van der Waals surface area contributed by atoms with Crippen LogP contribution in [-0.4, -0.2) is 57.1 Å². The third-order valence-electron chi connectivity index (χ3n) is 2.66. The number of nitrogens with zero attached hydrogens (tertiary/aromatic N) is 4. The Bertz CT molecular complexity index is 332. The Labute approximate surface area is 93.6 Å². The summed E-state index contributed by atoms with van der Waals surface area (Å²) >= 11 is 0. The van der Waals surface area contributed by atoms with Crippen molar-refractivity contribution in [2.75, 3.05) is 19.6 Å². The van der Waals surface area contributed by atoms with Crippen LogP contribution in [0.1, 0.15) is 30.4 Å². The predicted octanol–water partition coefficient (Wildman–Crippen LogP) is -0.586. The topological polar surface area (TPSA) is 86.8 Å². The van der Waals surface area contributed by atoms with Crippen molar-refractivity contribution in [2.45, 2.75) is 25.8 Å². The van der Waals surface area contributed by atoms with Gasteiger partial charge in [0.2, 0.25) is 0 Å². The summed E-state index contributed by atoms with van der Waals surface area (Å²) in [5.41, 5.74) is 0. The van der Waals surface area contributed by atoms with Crippen LogP contribution >= 0.6 is 0 Å². The lowest BCUT2D eigenvalue weighted by Gasteiger charge is -2.20. The van der Waals surface area contributed by atoms with Crippen molar-refractivity contribution < 1.29 is 4.79 Å². The Hall–Kier alpha value is -1.50. The molecule has 1 saturated heterocycles. The van der Waals surface area contributed by atoms with E-state index < -0.39 is 0 Å². The first-order valence-electron chi connectivity index (χ1n) is 5.52. The molecule has 0 bridgehead atoms. The summed E-state index contributed by atoms with van der Waals surface area (Å²) in [6.07, 6.45) is 2.51. The number of aromatic nitrogens is 4. The molecular weight excluding hydrogens is 208 g/mol. The number of carbonyl (C=O) groups excluding carboxylic acids is 1. The number of aromatic amines is 1. The molecule has 7 heteroatoms. The third kappa shape index (κ3) is 2.75. The molecule has 2 N–H and O–H groups in total. The van der Waals surface area contributed by atoms with Gasteiger partial charge in [-0.25, -0.2) is 0 Å². The molecule has 1 aliphatic rings. The van der Waals surface area contributed by atoms with E-state index in [0.29, 0.717) is 0 Å². The monoisotopic (exact) mass is 224 g/mol. The maximum absolute atomic E-state index is 11.6. The van der Waals surface area contributed by atoms with E-state index in [-0.39, 0.29) is 17.8 Å². The molecule has 0 aromatic carbocycles. The van der Waals surface area contributed by atoms with Gasteiger partial charge in [-0.15, -0.1) is 10.2 Å². The number of rotatable bonds is 4. The molecule has 0 radical (unpaired) electrons. The Kier molecular flexibility index (Phi) is 3.45. The lowest BCUT2D eigenvalue weighted by atomic mass is 10.3. The number of carbonyl (C=O) groups is 1. The van der Waals surface area contributed by atoms with Gasteiger partial charge >= 0.3 is 0 Å². The first kappa shape index (κ1) is 11.0. The minimum atomic E-state index is -0.277. The van der Waals surface area contributed by atoms with Crippen molar-refractivity contribution in [1.82, 2.24) is 30.8 Å². The van der Waals surface area contributed by atoms with Crippen molar-refractivity contribution in [1.29, 1.82) is 0 Å². The molecule has 1 aliphatic heterocycles. The number of tetrazole rings is 1. The molecule has 1 aromatic rings. The van der Waals surface area contributed by atoms with E-state index in [1.807, 2.05) is 6.92 Å². The highest BCUT2D eigenvalue weighted by atomic mass is 16.2. The number of H-pyrrole nitrogens is 1. The lowest BCUT2D eigenvalue weighted by molar-refractivity contribution is 0.0921. The van der Waals surface area contributed by atoms with Gasteiger partial charge in [-0.05, 0) is 38.1 Å². The van der Waals surface area contributed by atoms with Gasteiger partial charge in [-0.3, -0.25) is 4.79 Å². The summed E-state index contributed by atoms with van der Waals surface area (Å²) in [6, 6.07) is 0.101. The number of amides is 1. The largest absolute Gasteiger partial charge is 0.345 e. The van der Waals surface area contributed by atoms with Gasteiger partial charge < -0.3 is 10.2 Å². The summed E-state index contributed by atoms with van der Waals surface area (Å²) in [4.78, 5) is 13.9. The Morgan fingerprint density at radius 1 is 1.56 bits per heavy atom. The van der Waals surface area contributed by atoms with Crippen LogP contribution in [0.15, 0.2) is 0 Å². The number of hydrogen-bond donors (Lipinski definition) is 2. The Balaban J connectivity index is 1.78. The zero-order valence-corrected chi connectivity index (χ0v) is 9.31. The second kappa shape index (κ2) is 5.02. The van der Waals surface area contributed by atoms with Crippen LogP contribution in [0, 0.1) is 0 Å². The highest BCUT2D eigenvalue weighted by molar-refractivity contribution is 5.90. The van der Waals surface area contributed by atoms with Gasteiger partial charge in [-0.2, -0.15) is 5.21 Å². The average Bonchev–Trinajstić information content (AvgIpc) is 2.88. The van der Waals surface area contributed by atoms with Gasteiger partial charge in [0.05, 0.1) is 0 Å². The highest BCUT2D eigenvalue weighted by Gasteiger charge is 2.18. The Morgan fingerprint density at radius 3 is 2.94 bits per heavy atom. The molecule has 1 fully saturated rings. The fraction of sp³-hybridized carbons (Fsp3) is 0.778. The van der Waals surface area contributed by atoms with Crippen molar-refractivity contribution in [2.24, 2.45) is 0 Å². The number of likely N-dealkylation sites (tertiary alicyclic amines) is 1. The minimum Gasteiger partial charge on any atom is -0.345 e. The lowest BCUT2D eigenvalue weighted by Crippen LogP contribution is -2.41. The van der Waals surface area contributed by atoms with E-state index in [2.05, 4.69) is 30.8 Å². The summed E-state index contributed by atoms with van der Waals surface area (Å²) in [7, 11) is 0. The summed E-state index contributed by atoms with van der Waals surface area (Å²) < 4.78 is 0. The van der Waals surface area contributed by atoms with Crippen LogP contribution < -0.4 is 5.32 Å². The normalized spacial score (nSPS) is 18.6. The molecule has 1 atom stereocenters. The standard InChI is InChI=1S/C9H16N6O/c1-7(6-15-4-2-3-5-15)10-9(16)8-11-13-14-12-8/h7H,2-6H2,1H3,(H,10,16)(H,11,12,13,14). The molecule has 0 aliphatic carbocycles. The second-order valence-electron chi connectivity index (χ2n) is 4.12. The summed E-state index contributed by atoms with van der Waals surface area (Å²) in [6.45, 7) is 5.12. The SMILES string of the molecule is CC(CN1CCCC1)NC(=O)c1nn[nH]n1. The number of nitrogens with one attached hydrogen (secondary N) is 2. The van der Waals surface area contributed by atoms with E-state index in [1.54, 1.807) is 0 Å². The van der Waals surface area contributed by atoms with Crippen LogP contribution in [0.4, 0.5) is 0 Å². The van der Waals surface area contributed by atoms with Crippen LogP contribution in [0.2, 0.25) is 0 Å². The molecule has 16 heavy (non-hydrogen) atoms. The summed E-state index contributed by atoms with van der Waals surface area (Å²) in [5, 5.41) is 15.7. The fourth-order valence-corrected chi connectivity index (χ4v) is 1.94.